The summed E-state index contributed by atoms with van der Waals surface area (Å²) in [6.07, 6.45) is 5.86. The largest absolute Gasteiger partial charge is 0.481 e. The minimum atomic E-state index is -0.802. The summed E-state index contributed by atoms with van der Waals surface area (Å²) in [5.74, 6) is -1.40. The van der Waals surface area contributed by atoms with Crippen molar-refractivity contribution in [3.8, 4) is 0 Å². The normalized spacial score (nSPS) is 25.1. The van der Waals surface area contributed by atoms with Gasteiger partial charge in [0.1, 0.15) is 0 Å². The molecule has 0 radical (unpaired) electrons. The maximum Gasteiger partial charge on any atom is 0.306 e. The smallest absolute Gasteiger partial charge is 0.306 e. The molecule has 2 amide bonds. The molecule has 0 spiro atoms. The molecule has 2 atom stereocenters. The topological polar surface area (TPSA) is 95.5 Å². The first-order chi connectivity index (χ1) is 10.1. The van der Waals surface area contributed by atoms with Gasteiger partial charge in [0.2, 0.25) is 11.8 Å². The van der Waals surface area contributed by atoms with E-state index in [0.717, 1.165) is 25.7 Å². The molecule has 3 N–H and O–H groups in total. The van der Waals surface area contributed by atoms with Crippen LogP contribution in [0.25, 0.3) is 0 Å². The van der Waals surface area contributed by atoms with Crippen LogP contribution in [0.15, 0.2) is 0 Å². The summed E-state index contributed by atoms with van der Waals surface area (Å²) in [7, 11) is 0. The molecule has 0 bridgehead atoms. The van der Waals surface area contributed by atoms with E-state index in [1.807, 2.05) is 0 Å². The molecule has 21 heavy (non-hydrogen) atoms. The molecule has 6 heteroatoms. The van der Waals surface area contributed by atoms with E-state index in [4.69, 9.17) is 5.11 Å². The Labute approximate surface area is 124 Å². The number of hydrogen-bond acceptors (Lipinski definition) is 3. The van der Waals surface area contributed by atoms with Gasteiger partial charge < -0.3 is 15.7 Å². The van der Waals surface area contributed by atoms with Gasteiger partial charge in [0.15, 0.2) is 0 Å². The molecule has 2 unspecified atom stereocenters. The Hall–Kier alpha value is -1.59. The zero-order valence-corrected chi connectivity index (χ0v) is 12.3. The van der Waals surface area contributed by atoms with E-state index < -0.39 is 5.97 Å². The Balaban J connectivity index is 1.59. The van der Waals surface area contributed by atoms with Crippen molar-refractivity contribution in [3.05, 3.63) is 0 Å². The molecule has 2 saturated carbocycles. The van der Waals surface area contributed by atoms with Gasteiger partial charge in [-0.1, -0.05) is 6.42 Å². The Morgan fingerprint density at radius 1 is 1.05 bits per heavy atom. The number of rotatable bonds is 7. The molecule has 0 aromatic heterocycles. The second kappa shape index (κ2) is 7.43. The second-order valence-corrected chi connectivity index (χ2v) is 6.14. The number of amides is 2. The van der Waals surface area contributed by atoms with Crippen LogP contribution in [0.4, 0.5) is 0 Å². The van der Waals surface area contributed by atoms with Crippen LogP contribution in [0.1, 0.15) is 51.4 Å². The molecular weight excluding hydrogens is 272 g/mol. The number of carboxylic acids is 1. The monoisotopic (exact) mass is 296 g/mol. The van der Waals surface area contributed by atoms with Crippen molar-refractivity contribution in [3.63, 3.8) is 0 Å². The van der Waals surface area contributed by atoms with Crippen LogP contribution in [-0.4, -0.2) is 35.5 Å². The summed E-state index contributed by atoms with van der Waals surface area (Å²) >= 11 is 0. The van der Waals surface area contributed by atoms with E-state index in [9.17, 15) is 14.4 Å². The molecule has 2 aliphatic carbocycles. The zero-order valence-electron chi connectivity index (χ0n) is 12.3. The molecule has 0 aromatic carbocycles. The van der Waals surface area contributed by atoms with Gasteiger partial charge in [-0.25, -0.2) is 0 Å². The van der Waals surface area contributed by atoms with Gasteiger partial charge in [-0.15, -0.1) is 0 Å². The fourth-order valence-electron chi connectivity index (χ4n) is 2.78. The van der Waals surface area contributed by atoms with Crippen molar-refractivity contribution in [1.82, 2.24) is 10.6 Å². The maximum absolute atomic E-state index is 12.0. The first kappa shape index (κ1) is 15.8. The maximum atomic E-state index is 12.0. The quantitative estimate of drug-likeness (QED) is 0.612. The summed E-state index contributed by atoms with van der Waals surface area (Å²) in [6.45, 7) is 0.477. The average Bonchev–Trinajstić information content (AvgIpc) is 3.27. The highest BCUT2D eigenvalue weighted by molar-refractivity contribution is 5.80. The van der Waals surface area contributed by atoms with Gasteiger partial charge in [0, 0.05) is 24.9 Å². The van der Waals surface area contributed by atoms with Crippen LogP contribution >= 0.6 is 0 Å². The molecule has 0 aromatic rings. The fraction of sp³-hybridized carbons (Fsp3) is 0.800. The lowest BCUT2D eigenvalue weighted by molar-refractivity contribution is -0.144. The highest BCUT2D eigenvalue weighted by atomic mass is 16.4. The molecule has 2 aliphatic rings. The number of carboxylic acid groups (broad SMARTS) is 1. The van der Waals surface area contributed by atoms with Crippen LogP contribution in [-0.2, 0) is 14.4 Å². The minimum absolute atomic E-state index is 0.0513. The second-order valence-electron chi connectivity index (χ2n) is 6.14. The lowest BCUT2D eigenvalue weighted by Crippen LogP contribution is -2.36. The Bertz CT molecular complexity index is 406. The minimum Gasteiger partial charge on any atom is -0.481 e. The van der Waals surface area contributed by atoms with Gasteiger partial charge in [-0.2, -0.15) is 0 Å². The van der Waals surface area contributed by atoms with Crippen LogP contribution in [0, 0.1) is 11.8 Å². The third-order valence-corrected chi connectivity index (χ3v) is 4.22. The lowest BCUT2D eigenvalue weighted by Gasteiger charge is -2.25. The van der Waals surface area contributed by atoms with E-state index >= 15 is 0 Å². The number of carbonyl (C=O) groups is 3. The highest BCUT2D eigenvalue weighted by Gasteiger charge is 2.30. The van der Waals surface area contributed by atoms with Crippen molar-refractivity contribution in [2.75, 3.05) is 6.54 Å². The predicted molar refractivity (Wildman–Crippen MR) is 76.5 cm³/mol. The third kappa shape index (κ3) is 5.36. The van der Waals surface area contributed by atoms with E-state index in [-0.39, 0.29) is 23.7 Å². The van der Waals surface area contributed by atoms with Crippen molar-refractivity contribution in [2.24, 2.45) is 11.8 Å². The lowest BCUT2D eigenvalue weighted by atomic mass is 9.81. The molecule has 2 fully saturated rings. The molecular formula is C15H24N2O4. The third-order valence-electron chi connectivity index (χ3n) is 4.22. The van der Waals surface area contributed by atoms with E-state index in [2.05, 4.69) is 10.6 Å². The Morgan fingerprint density at radius 2 is 1.76 bits per heavy atom. The molecule has 0 saturated heterocycles. The summed E-state index contributed by atoms with van der Waals surface area (Å²) in [5.41, 5.74) is 0. The molecule has 0 heterocycles. The van der Waals surface area contributed by atoms with Crippen LogP contribution < -0.4 is 10.6 Å². The average molecular weight is 296 g/mol. The first-order valence-electron chi connectivity index (χ1n) is 7.86. The van der Waals surface area contributed by atoms with Crippen LogP contribution in [0.5, 0.6) is 0 Å². The summed E-state index contributed by atoms with van der Waals surface area (Å²) in [5, 5.41) is 14.7. The number of nitrogens with one attached hydrogen (secondary N) is 2. The van der Waals surface area contributed by atoms with Gasteiger partial charge in [-0.05, 0) is 38.5 Å². The van der Waals surface area contributed by atoms with E-state index in [0.29, 0.717) is 38.3 Å². The number of hydrogen-bond donors (Lipinski definition) is 3. The number of carbonyl (C=O) groups excluding carboxylic acids is 2. The van der Waals surface area contributed by atoms with Crippen molar-refractivity contribution < 1.29 is 19.5 Å². The van der Waals surface area contributed by atoms with Crippen molar-refractivity contribution in [2.45, 2.75) is 57.4 Å². The Kier molecular flexibility index (Phi) is 5.59. The van der Waals surface area contributed by atoms with Crippen molar-refractivity contribution in [1.29, 1.82) is 0 Å². The summed E-state index contributed by atoms with van der Waals surface area (Å²) in [6, 6.07) is 0.377. The van der Waals surface area contributed by atoms with E-state index in [1.54, 1.807) is 0 Å². The van der Waals surface area contributed by atoms with Crippen molar-refractivity contribution >= 4 is 17.8 Å². The summed E-state index contributed by atoms with van der Waals surface area (Å²) in [4.78, 5) is 34.4. The summed E-state index contributed by atoms with van der Waals surface area (Å²) < 4.78 is 0. The first-order valence-corrected chi connectivity index (χ1v) is 7.86. The standard InChI is InChI=1S/C15H24N2O4/c18-13(17-12-6-7-12)5-2-8-16-14(19)10-3-1-4-11(9-10)15(20)21/h10-12H,1-9H2,(H,16,19)(H,17,18)(H,20,21). The fourth-order valence-corrected chi connectivity index (χ4v) is 2.78. The SMILES string of the molecule is O=C(CCCNC(=O)C1CCCC(C(=O)O)C1)NC1CC1. The van der Waals surface area contributed by atoms with Gasteiger partial charge in [0.05, 0.1) is 5.92 Å². The molecule has 118 valence electrons. The Morgan fingerprint density at radius 3 is 2.43 bits per heavy atom. The van der Waals surface area contributed by atoms with Crippen LogP contribution in [0.2, 0.25) is 0 Å². The van der Waals surface area contributed by atoms with Gasteiger partial charge in [-0.3, -0.25) is 14.4 Å². The van der Waals surface area contributed by atoms with Gasteiger partial charge >= 0.3 is 5.97 Å². The zero-order chi connectivity index (χ0) is 15.2. The van der Waals surface area contributed by atoms with Crippen LogP contribution in [0.3, 0.4) is 0 Å². The molecule has 6 nitrogen and oxygen atoms in total. The molecule has 0 aliphatic heterocycles. The van der Waals surface area contributed by atoms with E-state index in [1.165, 1.54) is 0 Å². The van der Waals surface area contributed by atoms with Gasteiger partial charge in [0.25, 0.3) is 0 Å². The predicted octanol–water partition coefficient (Wildman–Crippen LogP) is 1.05. The highest BCUT2D eigenvalue weighted by Crippen LogP contribution is 2.29. The number of aliphatic carboxylic acids is 1. The molecule has 2 rings (SSSR count).